The van der Waals surface area contributed by atoms with Crippen molar-refractivity contribution < 1.29 is 5.11 Å². The van der Waals surface area contributed by atoms with E-state index in [1.165, 1.54) is 77.3 Å². The third-order valence-corrected chi connectivity index (χ3v) is 7.09. The summed E-state index contributed by atoms with van der Waals surface area (Å²) in [5.41, 5.74) is 0.144. The molecular weight excluding hydrogens is 258 g/mol. The van der Waals surface area contributed by atoms with E-state index in [2.05, 4.69) is 18.7 Å². The molecule has 2 nitrogen and oxygen atoms in total. The molecule has 0 aromatic heterocycles. The van der Waals surface area contributed by atoms with Gasteiger partial charge in [-0.1, -0.05) is 39.5 Å². The molecule has 0 radical (unpaired) electrons. The molecule has 0 aromatic carbocycles. The van der Waals surface area contributed by atoms with Crippen LogP contribution in [0.3, 0.4) is 0 Å². The molecule has 3 fully saturated rings. The molecule has 2 heteroatoms. The lowest BCUT2D eigenvalue weighted by Gasteiger charge is -2.50. The standard InChI is InChI=1S/C19H35NO/c1-15-8-9-17(14-16(15)2)18(21)19(10-4-5-11-19)20-12-6-3-7-13-20/h15-18,21H,3-14H2,1-2H3. The average molecular weight is 293 g/mol. The Morgan fingerprint density at radius 3 is 2.19 bits per heavy atom. The number of aliphatic hydroxyl groups excluding tert-OH is 1. The average Bonchev–Trinajstić information content (AvgIpc) is 3.01. The molecule has 122 valence electrons. The van der Waals surface area contributed by atoms with Crippen LogP contribution in [0.2, 0.25) is 0 Å². The van der Waals surface area contributed by atoms with Gasteiger partial charge in [0.1, 0.15) is 0 Å². The van der Waals surface area contributed by atoms with Crippen molar-refractivity contribution in [1.82, 2.24) is 4.90 Å². The second-order valence-corrected chi connectivity index (χ2v) is 8.33. The van der Waals surface area contributed by atoms with Crippen LogP contribution in [0.1, 0.15) is 78.1 Å². The number of likely N-dealkylation sites (tertiary alicyclic amines) is 1. The van der Waals surface area contributed by atoms with Gasteiger partial charge in [-0.15, -0.1) is 0 Å². The maximum absolute atomic E-state index is 11.3. The normalized spacial score (nSPS) is 39.3. The summed E-state index contributed by atoms with van der Waals surface area (Å²) in [6.07, 6.45) is 13.0. The molecule has 21 heavy (non-hydrogen) atoms. The highest BCUT2D eigenvalue weighted by atomic mass is 16.3. The van der Waals surface area contributed by atoms with E-state index in [1.54, 1.807) is 0 Å². The summed E-state index contributed by atoms with van der Waals surface area (Å²) in [4.78, 5) is 2.71. The van der Waals surface area contributed by atoms with Crippen molar-refractivity contribution in [3.63, 3.8) is 0 Å². The van der Waals surface area contributed by atoms with Gasteiger partial charge in [0.25, 0.3) is 0 Å². The molecule has 1 heterocycles. The van der Waals surface area contributed by atoms with Gasteiger partial charge in [0.2, 0.25) is 0 Å². The molecule has 4 atom stereocenters. The van der Waals surface area contributed by atoms with Gasteiger partial charge in [-0.2, -0.15) is 0 Å². The van der Waals surface area contributed by atoms with E-state index in [9.17, 15) is 5.11 Å². The van der Waals surface area contributed by atoms with E-state index in [4.69, 9.17) is 0 Å². The molecule has 0 aromatic rings. The number of hydrogen-bond acceptors (Lipinski definition) is 2. The maximum Gasteiger partial charge on any atom is 0.0752 e. The fourth-order valence-corrected chi connectivity index (χ4v) is 5.44. The first-order valence-electron chi connectivity index (χ1n) is 9.56. The molecule has 1 N–H and O–H groups in total. The van der Waals surface area contributed by atoms with E-state index in [0.29, 0.717) is 5.92 Å². The summed E-state index contributed by atoms with van der Waals surface area (Å²) in [6, 6.07) is 0. The highest BCUT2D eigenvalue weighted by Crippen LogP contribution is 2.46. The monoisotopic (exact) mass is 293 g/mol. The van der Waals surface area contributed by atoms with Gasteiger partial charge in [-0.05, 0) is 69.4 Å². The van der Waals surface area contributed by atoms with Crippen LogP contribution in [0, 0.1) is 17.8 Å². The van der Waals surface area contributed by atoms with Crippen molar-refractivity contribution in [3.05, 3.63) is 0 Å². The van der Waals surface area contributed by atoms with Crippen LogP contribution in [-0.4, -0.2) is 34.7 Å². The smallest absolute Gasteiger partial charge is 0.0752 e. The number of rotatable bonds is 3. The molecule has 1 aliphatic heterocycles. The lowest BCUT2D eigenvalue weighted by molar-refractivity contribution is -0.0800. The molecule has 2 saturated carbocycles. The van der Waals surface area contributed by atoms with Crippen LogP contribution < -0.4 is 0 Å². The Balaban J connectivity index is 1.73. The molecule has 4 unspecified atom stereocenters. The first-order valence-corrected chi connectivity index (χ1v) is 9.56. The van der Waals surface area contributed by atoms with Gasteiger partial charge < -0.3 is 5.11 Å². The Morgan fingerprint density at radius 1 is 0.905 bits per heavy atom. The summed E-state index contributed by atoms with van der Waals surface area (Å²) < 4.78 is 0. The van der Waals surface area contributed by atoms with Crippen molar-refractivity contribution in [1.29, 1.82) is 0 Å². The van der Waals surface area contributed by atoms with E-state index >= 15 is 0 Å². The van der Waals surface area contributed by atoms with Crippen molar-refractivity contribution in [2.45, 2.75) is 89.7 Å². The Morgan fingerprint density at radius 2 is 1.57 bits per heavy atom. The topological polar surface area (TPSA) is 23.5 Å². The molecule has 2 aliphatic carbocycles. The van der Waals surface area contributed by atoms with Crippen molar-refractivity contribution in [2.24, 2.45) is 17.8 Å². The molecule has 1 saturated heterocycles. The van der Waals surface area contributed by atoms with Gasteiger partial charge in [-0.25, -0.2) is 0 Å². The van der Waals surface area contributed by atoms with Crippen LogP contribution in [0.4, 0.5) is 0 Å². The molecule has 3 aliphatic rings. The zero-order chi connectivity index (χ0) is 14.9. The van der Waals surface area contributed by atoms with Gasteiger partial charge in [0.05, 0.1) is 6.10 Å². The zero-order valence-electron chi connectivity index (χ0n) is 14.2. The number of nitrogens with zero attached hydrogens (tertiary/aromatic N) is 1. The number of piperidine rings is 1. The highest BCUT2D eigenvalue weighted by molar-refractivity contribution is 5.04. The fraction of sp³-hybridized carbons (Fsp3) is 1.00. The van der Waals surface area contributed by atoms with Crippen LogP contribution in [0.25, 0.3) is 0 Å². The summed E-state index contributed by atoms with van der Waals surface area (Å²) in [7, 11) is 0. The quantitative estimate of drug-likeness (QED) is 0.842. The van der Waals surface area contributed by atoms with Crippen LogP contribution in [-0.2, 0) is 0 Å². The zero-order valence-corrected chi connectivity index (χ0v) is 14.2. The summed E-state index contributed by atoms with van der Waals surface area (Å²) in [5, 5.41) is 11.3. The predicted molar refractivity (Wildman–Crippen MR) is 88.3 cm³/mol. The lowest BCUT2D eigenvalue weighted by atomic mass is 9.69. The first-order chi connectivity index (χ1) is 10.1. The third kappa shape index (κ3) is 3.03. The minimum atomic E-state index is -0.0759. The molecule has 0 spiro atoms. The Labute approximate surface area is 131 Å². The minimum Gasteiger partial charge on any atom is -0.391 e. The van der Waals surface area contributed by atoms with Crippen LogP contribution in [0.5, 0.6) is 0 Å². The van der Waals surface area contributed by atoms with Crippen molar-refractivity contribution >= 4 is 0 Å². The summed E-state index contributed by atoms with van der Waals surface area (Å²) in [5.74, 6) is 2.19. The second-order valence-electron chi connectivity index (χ2n) is 8.33. The van der Waals surface area contributed by atoms with Gasteiger partial charge in [0, 0.05) is 5.54 Å². The maximum atomic E-state index is 11.3. The Kier molecular flexibility index (Phi) is 4.95. The largest absolute Gasteiger partial charge is 0.391 e. The second kappa shape index (κ2) is 6.58. The molecule has 0 amide bonds. The first kappa shape index (κ1) is 15.8. The molecule has 3 rings (SSSR count). The van der Waals surface area contributed by atoms with Crippen LogP contribution >= 0.6 is 0 Å². The Hall–Kier alpha value is -0.0800. The van der Waals surface area contributed by atoms with Crippen molar-refractivity contribution in [3.8, 4) is 0 Å². The highest BCUT2D eigenvalue weighted by Gasteiger charge is 2.48. The van der Waals surface area contributed by atoms with E-state index in [-0.39, 0.29) is 11.6 Å². The van der Waals surface area contributed by atoms with E-state index in [1.807, 2.05) is 0 Å². The molecular formula is C19H35NO. The van der Waals surface area contributed by atoms with Gasteiger partial charge in [0.15, 0.2) is 0 Å². The summed E-state index contributed by atoms with van der Waals surface area (Å²) >= 11 is 0. The van der Waals surface area contributed by atoms with Crippen molar-refractivity contribution in [2.75, 3.05) is 13.1 Å². The molecule has 0 bridgehead atoms. The predicted octanol–water partition coefficient (Wildman–Crippen LogP) is 4.22. The number of aliphatic hydroxyl groups is 1. The van der Waals surface area contributed by atoms with Crippen LogP contribution in [0.15, 0.2) is 0 Å². The van der Waals surface area contributed by atoms with Gasteiger partial charge >= 0.3 is 0 Å². The minimum absolute atomic E-state index is 0.0759. The number of hydrogen-bond donors (Lipinski definition) is 1. The third-order valence-electron chi connectivity index (χ3n) is 7.09. The van der Waals surface area contributed by atoms with Gasteiger partial charge in [-0.3, -0.25) is 4.90 Å². The Bertz CT molecular complexity index is 330. The van der Waals surface area contributed by atoms with E-state index in [0.717, 1.165) is 11.8 Å². The lowest BCUT2D eigenvalue weighted by Crippen LogP contribution is -2.59. The fourth-order valence-electron chi connectivity index (χ4n) is 5.44. The van der Waals surface area contributed by atoms with E-state index < -0.39 is 0 Å². The summed E-state index contributed by atoms with van der Waals surface area (Å²) in [6.45, 7) is 7.25. The SMILES string of the molecule is CC1CCC(C(O)C2(N3CCCCC3)CCCC2)CC1C.